The molecule has 0 N–H and O–H groups in total. The maximum atomic E-state index is 12.7. The summed E-state index contributed by atoms with van der Waals surface area (Å²) in [7, 11) is -3.14. The van der Waals surface area contributed by atoms with Crippen molar-refractivity contribution in [1.82, 2.24) is 9.80 Å². The number of esters is 1. The van der Waals surface area contributed by atoms with Crippen molar-refractivity contribution in [2.45, 2.75) is 51.6 Å². The van der Waals surface area contributed by atoms with Crippen molar-refractivity contribution >= 4 is 33.5 Å². The number of benzene rings is 1. The molecule has 0 radical (unpaired) electrons. The second-order valence-electron chi connectivity index (χ2n) is 8.14. The van der Waals surface area contributed by atoms with Crippen LogP contribution in [0.15, 0.2) is 24.3 Å². The highest BCUT2D eigenvalue weighted by Crippen LogP contribution is 2.19. The Labute approximate surface area is 187 Å². The number of likely N-dealkylation sites (tertiary alicyclic amines) is 1. The number of carbonyl (C=O) groups is 4. The predicted molar refractivity (Wildman–Crippen MR) is 115 cm³/mol. The molecular formula is C22H28N2O7S. The minimum Gasteiger partial charge on any atom is -0.452 e. The largest absolute Gasteiger partial charge is 0.452 e. The summed E-state index contributed by atoms with van der Waals surface area (Å²) in [5.41, 5.74) is 0.943. The molecule has 10 heteroatoms. The minimum absolute atomic E-state index is 0.0557. The molecule has 3 rings (SSSR count). The SMILES string of the molecule is CCCCN(C(=O)COC(=O)c1ccc(CN2C(=O)CCC2=O)cc1)C1CCS(=O)(=O)C1. The number of hydrogen-bond acceptors (Lipinski definition) is 7. The minimum atomic E-state index is -3.14. The van der Waals surface area contributed by atoms with Gasteiger partial charge in [-0.2, -0.15) is 0 Å². The molecule has 2 aliphatic heterocycles. The zero-order valence-electron chi connectivity index (χ0n) is 18.1. The first-order valence-electron chi connectivity index (χ1n) is 10.8. The third-order valence-electron chi connectivity index (χ3n) is 5.73. The van der Waals surface area contributed by atoms with Gasteiger partial charge in [0, 0.05) is 25.4 Å². The number of sulfone groups is 1. The van der Waals surface area contributed by atoms with E-state index in [0.717, 1.165) is 12.8 Å². The molecule has 2 fully saturated rings. The first-order chi connectivity index (χ1) is 15.2. The van der Waals surface area contributed by atoms with Gasteiger partial charge < -0.3 is 9.64 Å². The highest BCUT2D eigenvalue weighted by atomic mass is 32.2. The van der Waals surface area contributed by atoms with E-state index >= 15 is 0 Å². The third kappa shape index (κ3) is 5.93. The molecule has 0 aromatic heterocycles. The van der Waals surface area contributed by atoms with E-state index in [1.165, 1.54) is 21.9 Å². The monoisotopic (exact) mass is 464 g/mol. The molecule has 1 atom stereocenters. The topological polar surface area (TPSA) is 118 Å². The Balaban J connectivity index is 1.55. The molecule has 2 aliphatic rings. The molecule has 1 unspecified atom stereocenters. The summed E-state index contributed by atoms with van der Waals surface area (Å²) >= 11 is 0. The van der Waals surface area contributed by atoms with Crippen molar-refractivity contribution in [1.29, 1.82) is 0 Å². The van der Waals surface area contributed by atoms with Gasteiger partial charge in [-0.15, -0.1) is 0 Å². The normalized spacial score (nSPS) is 19.9. The van der Waals surface area contributed by atoms with E-state index in [-0.39, 0.29) is 54.3 Å². The third-order valence-corrected chi connectivity index (χ3v) is 7.48. The number of hydrogen-bond donors (Lipinski definition) is 0. The summed E-state index contributed by atoms with van der Waals surface area (Å²) in [4.78, 5) is 51.2. The van der Waals surface area contributed by atoms with Crippen LogP contribution in [-0.2, 0) is 35.5 Å². The Hall–Kier alpha value is -2.75. The highest BCUT2D eigenvalue weighted by molar-refractivity contribution is 7.91. The molecule has 2 saturated heterocycles. The van der Waals surface area contributed by atoms with E-state index in [9.17, 15) is 27.6 Å². The predicted octanol–water partition coefficient (Wildman–Crippen LogP) is 1.31. The standard InChI is InChI=1S/C22H28N2O7S/c1-2-3-11-23(18-10-12-32(29,30)15-18)21(27)14-31-22(28)17-6-4-16(5-7-17)13-24-19(25)8-9-20(24)26/h4-7,18H,2-3,8-15H2,1H3. The van der Waals surface area contributed by atoms with Gasteiger partial charge in [-0.05, 0) is 30.5 Å². The number of ether oxygens (including phenoxy) is 1. The first kappa shape index (κ1) is 23.9. The fourth-order valence-electron chi connectivity index (χ4n) is 3.88. The number of imide groups is 1. The van der Waals surface area contributed by atoms with Crippen LogP contribution in [0.2, 0.25) is 0 Å². The van der Waals surface area contributed by atoms with Gasteiger partial charge in [-0.1, -0.05) is 25.5 Å². The van der Waals surface area contributed by atoms with Crippen LogP contribution in [0.5, 0.6) is 0 Å². The number of rotatable bonds is 9. The van der Waals surface area contributed by atoms with Gasteiger partial charge in [0.25, 0.3) is 5.91 Å². The van der Waals surface area contributed by atoms with Crippen LogP contribution in [0.25, 0.3) is 0 Å². The summed E-state index contributed by atoms with van der Waals surface area (Å²) in [6, 6.07) is 5.92. The van der Waals surface area contributed by atoms with Gasteiger partial charge in [0.2, 0.25) is 11.8 Å². The zero-order valence-corrected chi connectivity index (χ0v) is 18.9. The average molecular weight is 465 g/mol. The maximum absolute atomic E-state index is 12.7. The van der Waals surface area contributed by atoms with Crippen LogP contribution in [0.3, 0.4) is 0 Å². The molecule has 0 spiro atoms. The Morgan fingerprint density at radius 3 is 2.34 bits per heavy atom. The summed E-state index contributed by atoms with van der Waals surface area (Å²) in [5, 5.41) is 0. The van der Waals surface area contributed by atoms with Gasteiger partial charge in [0.15, 0.2) is 16.4 Å². The van der Waals surface area contributed by atoms with Gasteiger partial charge in [0.05, 0.1) is 23.6 Å². The fraction of sp³-hybridized carbons (Fsp3) is 0.545. The molecule has 174 valence electrons. The number of nitrogens with zero attached hydrogens (tertiary/aromatic N) is 2. The van der Waals surface area contributed by atoms with Crippen molar-refractivity contribution in [3.63, 3.8) is 0 Å². The van der Waals surface area contributed by atoms with Gasteiger partial charge in [-0.25, -0.2) is 13.2 Å². The summed E-state index contributed by atoms with van der Waals surface area (Å²) in [6.07, 6.45) is 2.43. The van der Waals surface area contributed by atoms with Crippen LogP contribution in [0.1, 0.15) is 54.9 Å². The van der Waals surface area contributed by atoms with Crippen LogP contribution in [-0.4, -0.2) is 72.6 Å². The lowest BCUT2D eigenvalue weighted by Gasteiger charge is -2.28. The summed E-state index contributed by atoms with van der Waals surface area (Å²) in [5.74, 6) is -1.49. The van der Waals surface area contributed by atoms with Crippen molar-refractivity contribution in [3.8, 4) is 0 Å². The van der Waals surface area contributed by atoms with E-state index in [0.29, 0.717) is 18.5 Å². The molecule has 32 heavy (non-hydrogen) atoms. The maximum Gasteiger partial charge on any atom is 0.338 e. The van der Waals surface area contributed by atoms with E-state index in [1.807, 2.05) is 6.92 Å². The van der Waals surface area contributed by atoms with Crippen molar-refractivity contribution < 1.29 is 32.3 Å². The van der Waals surface area contributed by atoms with Crippen molar-refractivity contribution in [2.75, 3.05) is 24.7 Å². The van der Waals surface area contributed by atoms with Crippen LogP contribution in [0.4, 0.5) is 0 Å². The molecular weight excluding hydrogens is 436 g/mol. The number of carbonyl (C=O) groups excluding carboxylic acids is 4. The molecule has 0 aliphatic carbocycles. The Kier molecular flexibility index (Phi) is 7.65. The van der Waals surface area contributed by atoms with E-state index in [4.69, 9.17) is 4.74 Å². The Morgan fingerprint density at radius 1 is 1.12 bits per heavy atom. The smallest absolute Gasteiger partial charge is 0.338 e. The van der Waals surface area contributed by atoms with Crippen LogP contribution in [0, 0.1) is 0 Å². The molecule has 2 heterocycles. The van der Waals surface area contributed by atoms with E-state index < -0.39 is 28.3 Å². The highest BCUT2D eigenvalue weighted by Gasteiger charge is 2.34. The molecule has 0 bridgehead atoms. The first-order valence-corrected chi connectivity index (χ1v) is 12.6. The summed E-state index contributed by atoms with van der Waals surface area (Å²) < 4.78 is 28.8. The molecule has 9 nitrogen and oxygen atoms in total. The van der Waals surface area contributed by atoms with Crippen molar-refractivity contribution in [3.05, 3.63) is 35.4 Å². The van der Waals surface area contributed by atoms with Crippen LogP contribution >= 0.6 is 0 Å². The lowest BCUT2D eigenvalue weighted by Crippen LogP contribution is -2.43. The molecule has 1 aromatic rings. The fourth-order valence-corrected chi connectivity index (χ4v) is 5.61. The zero-order chi connectivity index (χ0) is 23.3. The lowest BCUT2D eigenvalue weighted by molar-refractivity contribution is -0.139. The van der Waals surface area contributed by atoms with E-state index in [2.05, 4.69) is 0 Å². The second kappa shape index (κ2) is 10.2. The Bertz CT molecular complexity index is 972. The number of amides is 3. The summed E-state index contributed by atoms with van der Waals surface area (Å²) in [6.45, 7) is 2.10. The van der Waals surface area contributed by atoms with Gasteiger partial charge in [-0.3, -0.25) is 19.3 Å². The molecule has 1 aromatic carbocycles. The van der Waals surface area contributed by atoms with Crippen LogP contribution < -0.4 is 0 Å². The molecule has 0 saturated carbocycles. The van der Waals surface area contributed by atoms with Gasteiger partial charge >= 0.3 is 5.97 Å². The Morgan fingerprint density at radius 2 is 1.78 bits per heavy atom. The van der Waals surface area contributed by atoms with E-state index in [1.54, 1.807) is 12.1 Å². The quantitative estimate of drug-likeness (QED) is 0.399. The number of unbranched alkanes of at least 4 members (excludes halogenated alkanes) is 1. The van der Waals surface area contributed by atoms with Gasteiger partial charge in [0.1, 0.15) is 0 Å². The van der Waals surface area contributed by atoms with Crippen molar-refractivity contribution in [2.24, 2.45) is 0 Å². The second-order valence-corrected chi connectivity index (χ2v) is 10.4. The lowest BCUT2D eigenvalue weighted by atomic mass is 10.1. The molecule has 3 amide bonds. The average Bonchev–Trinajstić information content (AvgIpc) is 3.28.